The summed E-state index contributed by atoms with van der Waals surface area (Å²) in [7, 11) is 3.26. The fraction of sp³-hybridized carbons (Fsp3) is 0.630. The first-order chi connectivity index (χ1) is 16.5. The molecule has 0 saturated heterocycles. The van der Waals surface area contributed by atoms with Gasteiger partial charge in [0.25, 0.3) is 0 Å². The Morgan fingerprint density at radius 1 is 1.08 bits per heavy atom. The monoisotopic (exact) mass is 502 g/mol. The minimum atomic E-state index is -1.04. The molecule has 0 aromatic heterocycles. The maximum absolute atomic E-state index is 13.6. The Kier molecular flexibility index (Phi) is 9.29. The molecule has 3 N–H and O–H groups in total. The van der Waals surface area contributed by atoms with Gasteiger partial charge < -0.3 is 25.6 Å². The predicted octanol–water partition coefficient (Wildman–Crippen LogP) is 2.01. The van der Waals surface area contributed by atoms with E-state index in [-0.39, 0.29) is 31.2 Å². The number of ether oxygens (including phenoxy) is 1. The molecule has 0 fully saturated rings. The molecule has 9 nitrogen and oxygen atoms in total. The van der Waals surface area contributed by atoms with E-state index in [4.69, 9.17) is 10.5 Å². The Balaban J connectivity index is 2.34. The molecule has 3 amide bonds. The van der Waals surface area contributed by atoms with Gasteiger partial charge in [-0.05, 0) is 43.7 Å². The Labute approximate surface area is 214 Å². The number of esters is 1. The lowest BCUT2D eigenvalue weighted by atomic mass is 9.85. The second-order valence-corrected chi connectivity index (χ2v) is 11.7. The van der Waals surface area contributed by atoms with Crippen LogP contribution in [0.4, 0.5) is 0 Å². The summed E-state index contributed by atoms with van der Waals surface area (Å²) in [4.78, 5) is 55.1. The predicted molar refractivity (Wildman–Crippen MR) is 138 cm³/mol. The third-order valence-corrected chi connectivity index (χ3v) is 6.19. The highest BCUT2D eigenvalue weighted by atomic mass is 16.6. The largest absolute Gasteiger partial charge is 0.458 e. The highest BCUT2D eigenvalue weighted by molar-refractivity contribution is 5.93. The summed E-state index contributed by atoms with van der Waals surface area (Å²) < 4.78 is 5.52. The third kappa shape index (κ3) is 7.78. The van der Waals surface area contributed by atoms with E-state index in [1.165, 1.54) is 9.80 Å². The first kappa shape index (κ1) is 29.3. The maximum atomic E-state index is 13.6. The van der Waals surface area contributed by atoms with E-state index in [9.17, 15) is 19.2 Å². The lowest BCUT2D eigenvalue weighted by Crippen LogP contribution is -2.60. The number of amides is 3. The van der Waals surface area contributed by atoms with Crippen molar-refractivity contribution in [2.45, 2.75) is 91.1 Å². The molecule has 2 rings (SSSR count). The van der Waals surface area contributed by atoms with Gasteiger partial charge in [0.05, 0.1) is 6.04 Å². The Morgan fingerprint density at radius 3 is 2.19 bits per heavy atom. The second kappa shape index (κ2) is 11.4. The van der Waals surface area contributed by atoms with Crippen molar-refractivity contribution in [3.63, 3.8) is 0 Å². The minimum absolute atomic E-state index is 0.0578. The van der Waals surface area contributed by atoms with Gasteiger partial charge in [0, 0.05) is 33.5 Å². The first-order valence-corrected chi connectivity index (χ1v) is 12.4. The molecule has 1 aromatic rings. The molecule has 1 aliphatic heterocycles. The van der Waals surface area contributed by atoms with Gasteiger partial charge in [-0.2, -0.15) is 0 Å². The van der Waals surface area contributed by atoms with Gasteiger partial charge in [0.15, 0.2) is 0 Å². The van der Waals surface area contributed by atoms with E-state index in [1.807, 2.05) is 45.0 Å². The molecule has 1 aromatic carbocycles. The van der Waals surface area contributed by atoms with Crippen LogP contribution in [0.3, 0.4) is 0 Å². The molecule has 0 unspecified atom stereocenters. The van der Waals surface area contributed by atoms with Gasteiger partial charge in [-0.15, -0.1) is 0 Å². The summed E-state index contributed by atoms with van der Waals surface area (Å²) in [6, 6.07) is 4.96. The number of nitrogens with one attached hydrogen (secondary N) is 1. The molecule has 3 atom stereocenters. The molecule has 9 heteroatoms. The molecule has 1 aliphatic rings. The Bertz CT molecular complexity index is 977. The maximum Gasteiger partial charge on any atom is 0.329 e. The van der Waals surface area contributed by atoms with Gasteiger partial charge in [0.1, 0.15) is 17.7 Å². The highest BCUT2D eigenvalue weighted by Gasteiger charge is 2.41. The van der Waals surface area contributed by atoms with Crippen LogP contribution in [-0.4, -0.2) is 71.3 Å². The van der Waals surface area contributed by atoms with Crippen molar-refractivity contribution in [3.8, 4) is 0 Å². The topological polar surface area (TPSA) is 122 Å². The molecule has 0 radical (unpaired) electrons. The van der Waals surface area contributed by atoms with Crippen molar-refractivity contribution < 1.29 is 23.9 Å². The molecule has 0 bridgehead atoms. The van der Waals surface area contributed by atoms with Crippen molar-refractivity contribution in [1.82, 2.24) is 15.1 Å². The average molecular weight is 503 g/mol. The van der Waals surface area contributed by atoms with E-state index in [0.717, 1.165) is 11.1 Å². The third-order valence-electron chi connectivity index (χ3n) is 6.19. The lowest BCUT2D eigenvalue weighted by molar-refractivity contribution is -0.159. The summed E-state index contributed by atoms with van der Waals surface area (Å²) in [6.07, 6.45) is 0.431. The highest BCUT2D eigenvalue weighted by Crippen LogP contribution is 2.27. The first-order valence-electron chi connectivity index (χ1n) is 12.4. The Morgan fingerprint density at radius 2 is 1.67 bits per heavy atom. The SMILES string of the molecule is CN(C)C(=O)CC[C@H](NC(=O)[C@@H]1Cc2ccccc2CN1C(=O)[C@@H](N)C(C)(C)C)C(=O)OC(C)(C)C. The molecule has 1 heterocycles. The normalized spacial score (nSPS) is 17.5. The van der Waals surface area contributed by atoms with Crippen molar-refractivity contribution in [1.29, 1.82) is 0 Å². The van der Waals surface area contributed by atoms with Crippen LogP contribution in [0.1, 0.15) is 65.5 Å². The summed E-state index contributed by atoms with van der Waals surface area (Å²) in [5, 5.41) is 2.78. The summed E-state index contributed by atoms with van der Waals surface area (Å²) >= 11 is 0. The van der Waals surface area contributed by atoms with Gasteiger partial charge in [-0.3, -0.25) is 14.4 Å². The van der Waals surface area contributed by atoms with E-state index in [1.54, 1.807) is 34.9 Å². The second-order valence-electron chi connectivity index (χ2n) is 11.7. The van der Waals surface area contributed by atoms with E-state index in [0.29, 0.717) is 6.42 Å². The standard InChI is InChI=1S/C27H42N4O5/c1-26(2,3)22(28)24(34)31-16-18-12-10-9-11-17(18)15-20(31)23(33)29-19(13-14-21(32)30(7)8)25(35)36-27(4,5)6/h9-12,19-20,22H,13-16,28H2,1-8H3,(H,29,33)/t19-,20-,22+/m0/s1. The van der Waals surface area contributed by atoms with Crippen molar-refractivity contribution in [3.05, 3.63) is 35.4 Å². The van der Waals surface area contributed by atoms with Gasteiger partial charge >= 0.3 is 5.97 Å². The van der Waals surface area contributed by atoms with Crippen LogP contribution >= 0.6 is 0 Å². The Hall–Kier alpha value is -2.94. The summed E-state index contributed by atoms with van der Waals surface area (Å²) in [5.74, 6) is -1.60. The lowest BCUT2D eigenvalue weighted by Gasteiger charge is -2.40. The van der Waals surface area contributed by atoms with Crippen molar-refractivity contribution in [2.75, 3.05) is 14.1 Å². The van der Waals surface area contributed by atoms with Crippen molar-refractivity contribution >= 4 is 23.7 Å². The average Bonchev–Trinajstić information content (AvgIpc) is 2.77. The van der Waals surface area contributed by atoms with Crippen LogP contribution in [0.2, 0.25) is 0 Å². The number of hydrogen-bond acceptors (Lipinski definition) is 6. The number of carbonyl (C=O) groups is 4. The van der Waals surface area contributed by atoms with Crippen LogP contribution in [-0.2, 0) is 36.9 Å². The van der Waals surface area contributed by atoms with Crippen LogP contribution in [0.25, 0.3) is 0 Å². The number of carbonyl (C=O) groups excluding carboxylic acids is 4. The van der Waals surface area contributed by atoms with Crippen molar-refractivity contribution in [2.24, 2.45) is 11.1 Å². The van der Waals surface area contributed by atoms with Gasteiger partial charge in [-0.25, -0.2) is 4.79 Å². The number of nitrogens with zero attached hydrogens (tertiary/aromatic N) is 2. The fourth-order valence-corrected chi connectivity index (χ4v) is 3.92. The molecule has 200 valence electrons. The van der Waals surface area contributed by atoms with E-state index in [2.05, 4.69) is 5.32 Å². The molecule has 0 aliphatic carbocycles. The molecule has 0 spiro atoms. The summed E-state index contributed by atoms with van der Waals surface area (Å²) in [5.41, 5.74) is 6.95. The van der Waals surface area contributed by atoms with Crippen LogP contribution < -0.4 is 11.1 Å². The quantitative estimate of drug-likeness (QED) is 0.550. The number of fused-ring (bicyclic) bond motifs is 1. The van der Waals surface area contributed by atoms with Crippen LogP contribution in [0, 0.1) is 5.41 Å². The van der Waals surface area contributed by atoms with Gasteiger partial charge in [-0.1, -0.05) is 45.0 Å². The van der Waals surface area contributed by atoms with E-state index >= 15 is 0 Å². The smallest absolute Gasteiger partial charge is 0.329 e. The number of benzene rings is 1. The zero-order chi connectivity index (χ0) is 27.4. The summed E-state index contributed by atoms with van der Waals surface area (Å²) in [6.45, 7) is 11.1. The zero-order valence-electron chi connectivity index (χ0n) is 22.9. The molecule has 36 heavy (non-hydrogen) atoms. The molecular weight excluding hydrogens is 460 g/mol. The number of nitrogens with two attached hydrogens (primary N) is 1. The molecule has 0 saturated carbocycles. The molecular formula is C27H42N4O5. The van der Waals surface area contributed by atoms with Crippen LogP contribution in [0.5, 0.6) is 0 Å². The number of hydrogen-bond donors (Lipinski definition) is 2. The number of rotatable bonds is 7. The zero-order valence-corrected chi connectivity index (χ0v) is 22.9. The minimum Gasteiger partial charge on any atom is -0.458 e. The van der Waals surface area contributed by atoms with Gasteiger partial charge in [0.2, 0.25) is 17.7 Å². The van der Waals surface area contributed by atoms with Crippen LogP contribution in [0.15, 0.2) is 24.3 Å². The van der Waals surface area contributed by atoms with E-state index < -0.39 is 41.0 Å². The fourth-order valence-electron chi connectivity index (χ4n) is 3.92.